The molecule has 0 aliphatic carbocycles. The van der Waals surface area contributed by atoms with E-state index in [2.05, 4.69) is 21.5 Å². The van der Waals surface area contributed by atoms with Gasteiger partial charge < -0.3 is 23.9 Å². The molecule has 33 heavy (non-hydrogen) atoms. The van der Waals surface area contributed by atoms with E-state index < -0.39 is 0 Å². The van der Waals surface area contributed by atoms with Gasteiger partial charge in [-0.3, -0.25) is 4.79 Å². The summed E-state index contributed by atoms with van der Waals surface area (Å²) in [5.74, 6) is 2.20. The normalized spacial score (nSPS) is 16.4. The zero-order valence-electron chi connectivity index (χ0n) is 19.1. The van der Waals surface area contributed by atoms with Gasteiger partial charge in [0.15, 0.2) is 11.6 Å². The van der Waals surface area contributed by atoms with Gasteiger partial charge in [0.2, 0.25) is 0 Å². The van der Waals surface area contributed by atoms with Crippen molar-refractivity contribution in [1.29, 1.82) is 0 Å². The monoisotopic (exact) mass is 446 g/mol. The van der Waals surface area contributed by atoms with Crippen LogP contribution in [0.15, 0.2) is 45.3 Å². The summed E-state index contributed by atoms with van der Waals surface area (Å²) in [6.45, 7) is 9.15. The molecular formula is C25H26N4O4. The lowest BCUT2D eigenvalue weighted by molar-refractivity contribution is -0.0255. The number of nitrogens with one attached hydrogen (secondary N) is 1. The molecule has 4 aromatic rings. The fourth-order valence-electron chi connectivity index (χ4n) is 4.14. The smallest absolute Gasteiger partial charge is 0.290 e. The van der Waals surface area contributed by atoms with Crippen molar-refractivity contribution in [3.63, 3.8) is 0 Å². The van der Waals surface area contributed by atoms with Gasteiger partial charge in [-0.15, -0.1) is 0 Å². The predicted molar refractivity (Wildman–Crippen MR) is 124 cm³/mol. The number of morpholine rings is 1. The van der Waals surface area contributed by atoms with Gasteiger partial charge in [-0.1, -0.05) is 23.4 Å². The summed E-state index contributed by atoms with van der Waals surface area (Å²) in [6, 6.07) is 11.5. The highest BCUT2D eigenvalue weighted by Crippen LogP contribution is 2.31. The second kappa shape index (κ2) is 8.37. The molecule has 0 spiro atoms. The van der Waals surface area contributed by atoms with E-state index in [0.717, 1.165) is 33.4 Å². The van der Waals surface area contributed by atoms with Crippen molar-refractivity contribution in [2.45, 2.75) is 33.8 Å². The van der Waals surface area contributed by atoms with Gasteiger partial charge in [0.25, 0.3) is 5.91 Å². The Morgan fingerprint density at radius 2 is 1.94 bits per heavy atom. The molecule has 0 bridgehead atoms. The maximum Gasteiger partial charge on any atom is 0.290 e. The Morgan fingerprint density at radius 1 is 1.09 bits per heavy atom. The molecule has 0 unspecified atom stereocenters. The van der Waals surface area contributed by atoms with Gasteiger partial charge in [-0.2, -0.15) is 0 Å². The molecule has 1 saturated heterocycles. The molecule has 4 heterocycles. The van der Waals surface area contributed by atoms with Crippen molar-refractivity contribution in [1.82, 2.24) is 15.0 Å². The van der Waals surface area contributed by atoms with Gasteiger partial charge in [-0.25, -0.2) is 4.98 Å². The Labute approximate surface area is 191 Å². The Balaban J connectivity index is 1.36. The van der Waals surface area contributed by atoms with E-state index in [1.807, 2.05) is 52.0 Å². The fraction of sp³-hybridized carbons (Fsp3) is 0.320. The van der Waals surface area contributed by atoms with Gasteiger partial charge in [-0.05, 0) is 51.0 Å². The van der Waals surface area contributed by atoms with E-state index in [4.69, 9.17) is 13.7 Å². The predicted octanol–water partition coefficient (Wildman–Crippen LogP) is 5.01. The number of pyridine rings is 1. The van der Waals surface area contributed by atoms with Crippen molar-refractivity contribution in [2.75, 3.05) is 25.0 Å². The SMILES string of the molecule is Cc1cc(Nc2cccc([C@H]3CN(C(=O)c4oc5c(C)c(C)ccc5c4C)CCO3)n2)no1. The zero-order valence-corrected chi connectivity index (χ0v) is 19.1. The van der Waals surface area contributed by atoms with Crippen molar-refractivity contribution < 1.29 is 18.5 Å². The number of fused-ring (bicyclic) bond motifs is 1. The summed E-state index contributed by atoms with van der Waals surface area (Å²) < 4.78 is 17.1. The number of ether oxygens (including phenoxy) is 1. The van der Waals surface area contributed by atoms with E-state index in [1.165, 1.54) is 0 Å². The Morgan fingerprint density at radius 3 is 2.73 bits per heavy atom. The van der Waals surface area contributed by atoms with Crippen molar-refractivity contribution >= 4 is 28.5 Å². The second-order valence-electron chi connectivity index (χ2n) is 8.45. The van der Waals surface area contributed by atoms with Crippen LogP contribution in [0.25, 0.3) is 11.0 Å². The molecule has 8 nitrogen and oxygen atoms in total. The van der Waals surface area contributed by atoms with Crippen molar-refractivity contribution in [3.8, 4) is 0 Å². The van der Waals surface area contributed by atoms with Crippen LogP contribution in [-0.4, -0.2) is 40.6 Å². The minimum absolute atomic E-state index is 0.124. The number of aromatic nitrogens is 2. The van der Waals surface area contributed by atoms with Crippen LogP contribution in [0.1, 0.15) is 44.8 Å². The van der Waals surface area contributed by atoms with E-state index >= 15 is 0 Å². The highest BCUT2D eigenvalue weighted by molar-refractivity contribution is 5.99. The molecule has 1 aromatic carbocycles. The Hall–Kier alpha value is -3.65. The van der Waals surface area contributed by atoms with Gasteiger partial charge in [0.1, 0.15) is 23.3 Å². The molecule has 1 amide bonds. The third-order valence-electron chi connectivity index (χ3n) is 6.16. The molecule has 8 heteroatoms. The molecule has 5 rings (SSSR count). The topological polar surface area (TPSA) is 93.6 Å². The van der Waals surface area contributed by atoms with Gasteiger partial charge in [0, 0.05) is 23.6 Å². The van der Waals surface area contributed by atoms with E-state index in [-0.39, 0.29) is 12.0 Å². The van der Waals surface area contributed by atoms with E-state index in [9.17, 15) is 4.79 Å². The summed E-state index contributed by atoms with van der Waals surface area (Å²) in [5, 5.41) is 8.05. The number of carbonyl (C=O) groups excluding carboxylic acids is 1. The number of benzene rings is 1. The summed E-state index contributed by atoms with van der Waals surface area (Å²) in [7, 11) is 0. The van der Waals surface area contributed by atoms with Gasteiger partial charge >= 0.3 is 0 Å². The minimum atomic E-state index is -0.336. The van der Waals surface area contributed by atoms with Crippen LogP contribution in [-0.2, 0) is 4.74 Å². The number of rotatable bonds is 4. The van der Waals surface area contributed by atoms with Crippen molar-refractivity contribution in [3.05, 3.63) is 70.3 Å². The molecule has 0 radical (unpaired) electrons. The standard InChI is InChI=1S/C25H26N4O4/c1-14-8-9-18-17(4)24(32-23(18)16(14)3)25(30)29-10-11-31-20(13-29)19-6-5-7-21(26-19)27-22-12-15(2)33-28-22/h5-9,12,20H,10-11,13H2,1-4H3,(H,26,27,28)/t20-/m1/s1. The summed E-state index contributed by atoms with van der Waals surface area (Å²) in [5.41, 5.74) is 4.59. The lowest BCUT2D eigenvalue weighted by Gasteiger charge is -2.32. The first kappa shape index (κ1) is 21.2. The second-order valence-corrected chi connectivity index (χ2v) is 8.45. The molecule has 1 aliphatic rings. The zero-order chi connectivity index (χ0) is 23.1. The van der Waals surface area contributed by atoms with Crippen LogP contribution in [0, 0.1) is 27.7 Å². The number of carbonyl (C=O) groups is 1. The number of hydrogen-bond donors (Lipinski definition) is 1. The number of anilines is 2. The molecule has 170 valence electrons. The molecule has 1 fully saturated rings. The number of aryl methyl sites for hydroxylation is 4. The van der Waals surface area contributed by atoms with E-state index in [1.54, 1.807) is 11.0 Å². The summed E-state index contributed by atoms with van der Waals surface area (Å²) in [6.07, 6.45) is -0.336. The Kier molecular flexibility index (Phi) is 5.38. The number of amides is 1. The van der Waals surface area contributed by atoms with Crippen LogP contribution >= 0.6 is 0 Å². The fourth-order valence-corrected chi connectivity index (χ4v) is 4.14. The van der Waals surface area contributed by atoms with Crippen LogP contribution in [0.5, 0.6) is 0 Å². The first-order chi connectivity index (χ1) is 15.9. The number of nitrogens with zero attached hydrogens (tertiary/aromatic N) is 3. The molecule has 0 saturated carbocycles. The number of furan rings is 1. The summed E-state index contributed by atoms with van der Waals surface area (Å²) in [4.78, 5) is 19.8. The molecular weight excluding hydrogens is 420 g/mol. The quantitative estimate of drug-likeness (QED) is 0.471. The van der Waals surface area contributed by atoms with Crippen LogP contribution in [0.4, 0.5) is 11.6 Å². The lowest BCUT2D eigenvalue weighted by Crippen LogP contribution is -2.42. The lowest BCUT2D eigenvalue weighted by atomic mass is 10.0. The maximum atomic E-state index is 13.4. The van der Waals surface area contributed by atoms with Crippen LogP contribution < -0.4 is 5.32 Å². The first-order valence-electron chi connectivity index (χ1n) is 11.0. The third-order valence-corrected chi connectivity index (χ3v) is 6.16. The largest absolute Gasteiger partial charge is 0.450 e. The molecule has 1 aliphatic heterocycles. The van der Waals surface area contributed by atoms with Gasteiger partial charge in [0.05, 0.1) is 18.8 Å². The highest BCUT2D eigenvalue weighted by atomic mass is 16.5. The van der Waals surface area contributed by atoms with Crippen LogP contribution in [0.2, 0.25) is 0 Å². The van der Waals surface area contributed by atoms with E-state index in [0.29, 0.717) is 42.9 Å². The highest BCUT2D eigenvalue weighted by Gasteiger charge is 2.30. The minimum Gasteiger partial charge on any atom is -0.450 e. The number of hydrogen-bond acceptors (Lipinski definition) is 7. The van der Waals surface area contributed by atoms with Crippen LogP contribution in [0.3, 0.4) is 0 Å². The Bertz CT molecular complexity index is 1340. The average molecular weight is 447 g/mol. The maximum absolute atomic E-state index is 13.4. The first-order valence-corrected chi connectivity index (χ1v) is 11.0. The molecule has 1 N–H and O–H groups in total. The molecule has 1 atom stereocenters. The third kappa shape index (κ3) is 3.98. The van der Waals surface area contributed by atoms with Crippen molar-refractivity contribution in [2.24, 2.45) is 0 Å². The average Bonchev–Trinajstić information content (AvgIpc) is 3.39. The molecule has 3 aromatic heterocycles. The summed E-state index contributed by atoms with van der Waals surface area (Å²) >= 11 is 0.